The zero-order chi connectivity index (χ0) is 27.7. The van der Waals surface area contributed by atoms with E-state index in [4.69, 9.17) is 4.74 Å². The van der Waals surface area contributed by atoms with E-state index in [9.17, 15) is 19.2 Å². The number of nitrogens with zero attached hydrogens (tertiary/aromatic N) is 1. The molecule has 5 rings (SSSR count). The van der Waals surface area contributed by atoms with E-state index in [0.717, 1.165) is 22.0 Å². The molecule has 39 heavy (non-hydrogen) atoms. The number of carbonyl (C=O) groups excluding carboxylic acids is 4. The molecule has 0 aromatic heterocycles. The third-order valence-corrected chi connectivity index (χ3v) is 8.53. The fraction of sp³-hybridized carbons (Fsp3) is 0.290. The number of imide groups is 1. The van der Waals surface area contributed by atoms with Crippen molar-refractivity contribution in [2.45, 2.75) is 39.0 Å². The maximum absolute atomic E-state index is 13.3. The average molecular weight is 589 g/mol. The van der Waals surface area contributed by atoms with Crippen molar-refractivity contribution in [1.29, 1.82) is 0 Å². The van der Waals surface area contributed by atoms with Crippen LogP contribution in [0.1, 0.15) is 52.2 Å². The first-order chi connectivity index (χ1) is 18.7. The summed E-state index contributed by atoms with van der Waals surface area (Å²) in [5.74, 6) is -1.86. The summed E-state index contributed by atoms with van der Waals surface area (Å²) in [5.41, 5.74) is 4.36. The van der Waals surface area contributed by atoms with Crippen LogP contribution < -0.4 is 10.2 Å². The molecule has 0 radical (unpaired) electrons. The molecule has 0 spiro atoms. The summed E-state index contributed by atoms with van der Waals surface area (Å²) < 4.78 is 6.13. The molecule has 3 aromatic carbocycles. The van der Waals surface area contributed by atoms with Crippen LogP contribution in [0.15, 0.2) is 71.2 Å². The lowest BCUT2D eigenvalue weighted by Gasteiger charge is -2.28. The molecule has 3 aromatic rings. The maximum atomic E-state index is 13.3. The van der Waals surface area contributed by atoms with Gasteiger partial charge in [-0.25, -0.2) is 4.79 Å². The Morgan fingerprint density at radius 3 is 2.33 bits per heavy atom. The first kappa shape index (κ1) is 26.8. The number of halogens is 1. The van der Waals surface area contributed by atoms with Crippen molar-refractivity contribution in [3.05, 3.63) is 93.5 Å². The molecule has 1 N–H and O–H groups in total. The number of anilines is 2. The molecule has 1 aliphatic heterocycles. The molecule has 1 saturated heterocycles. The van der Waals surface area contributed by atoms with Gasteiger partial charge in [0.1, 0.15) is 0 Å². The van der Waals surface area contributed by atoms with Crippen molar-refractivity contribution in [2.24, 2.45) is 11.8 Å². The second-order valence-electron chi connectivity index (χ2n) is 10.2. The molecule has 7 nitrogen and oxygen atoms in total. The van der Waals surface area contributed by atoms with E-state index >= 15 is 0 Å². The first-order valence-electron chi connectivity index (χ1n) is 13.0. The topological polar surface area (TPSA) is 92.8 Å². The molecule has 2 fully saturated rings. The normalized spacial score (nSPS) is 20.5. The Labute approximate surface area is 235 Å². The highest BCUT2D eigenvalue weighted by atomic mass is 79.9. The lowest BCUT2D eigenvalue weighted by Crippen LogP contribution is -2.30. The van der Waals surface area contributed by atoms with Gasteiger partial charge in [0.15, 0.2) is 6.61 Å². The Morgan fingerprint density at radius 1 is 0.923 bits per heavy atom. The van der Waals surface area contributed by atoms with Gasteiger partial charge in [0.05, 0.1) is 23.1 Å². The summed E-state index contributed by atoms with van der Waals surface area (Å²) in [4.78, 5) is 52.6. The predicted molar refractivity (Wildman–Crippen MR) is 151 cm³/mol. The molecule has 1 heterocycles. The zero-order valence-corrected chi connectivity index (χ0v) is 23.4. The number of fused-ring (bicyclic) bond motifs is 1. The first-order valence-corrected chi connectivity index (χ1v) is 13.8. The standard InChI is InChI=1S/C31H29BrN2O5/c1-18-15-27(19(2)14-26(18)32)33-28(35)17-39-31(38)21-8-11-23(12-9-21)34-29(36)24-13-10-22(16-25(24)30(34)37)20-6-4-3-5-7-20/h3-9,11-12,14-15,22,24-25H,10,13,16-17H2,1-2H3,(H,33,35)/t22-,24+,25-/m0/s1. The van der Waals surface area contributed by atoms with Crippen molar-refractivity contribution in [3.8, 4) is 0 Å². The number of hydrogen-bond donors (Lipinski definition) is 1. The molecule has 8 heteroatoms. The number of esters is 1. The Balaban J connectivity index is 1.20. The number of hydrogen-bond acceptors (Lipinski definition) is 5. The largest absolute Gasteiger partial charge is 0.452 e. The van der Waals surface area contributed by atoms with Crippen molar-refractivity contribution >= 4 is 51.0 Å². The van der Waals surface area contributed by atoms with E-state index in [1.54, 1.807) is 12.1 Å². The molecule has 2 aliphatic rings. The number of benzene rings is 3. The van der Waals surface area contributed by atoms with Crippen molar-refractivity contribution in [1.82, 2.24) is 0 Å². The molecular weight excluding hydrogens is 560 g/mol. The van der Waals surface area contributed by atoms with Crippen LogP contribution in [0.25, 0.3) is 0 Å². The molecule has 3 amide bonds. The van der Waals surface area contributed by atoms with Crippen LogP contribution in [0.4, 0.5) is 11.4 Å². The van der Waals surface area contributed by atoms with Gasteiger partial charge in [-0.05, 0) is 92.1 Å². The lowest BCUT2D eigenvalue weighted by molar-refractivity contribution is -0.122. The Morgan fingerprint density at radius 2 is 1.62 bits per heavy atom. The third-order valence-electron chi connectivity index (χ3n) is 7.67. The van der Waals surface area contributed by atoms with Crippen LogP contribution in [0.2, 0.25) is 0 Å². The highest BCUT2D eigenvalue weighted by Crippen LogP contribution is 2.45. The average Bonchev–Trinajstić information content (AvgIpc) is 3.19. The molecule has 1 aliphatic carbocycles. The number of aryl methyl sites for hydroxylation is 2. The quantitative estimate of drug-likeness (QED) is 0.284. The highest BCUT2D eigenvalue weighted by Gasteiger charge is 2.50. The summed E-state index contributed by atoms with van der Waals surface area (Å²) in [6.07, 6.45) is 2.20. The molecule has 200 valence electrons. The summed E-state index contributed by atoms with van der Waals surface area (Å²) in [6, 6.07) is 20.0. The van der Waals surface area contributed by atoms with Crippen molar-refractivity contribution in [2.75, 3.05) is 16.8 Å². The van der Waals surface area contributed by atoms with Crippen LogP contribution >= 0.6 is 15.9 Å². The Bertz CT molecular complexity index is 1440. The van der Waals surface area contributed by atoms with E-state index in [1.807, 2.05) is 44.2 Å². The second-order valence-corrected chi connectivity index (χ2v) is 11.1. The van der Waals surface area contributed by atoms with Gasteiger partial charge in [0.25, 0.3) is 5.91 Å². The third kappa shape index (κ3) is 5.52. The van der Waals surface area contributed by atoms with Crippen LogP contribution in [-0.2, 0) is 19.1 Å². The Kier molecular flexibility index (Phi) is 7.66. The van der Waals surface area contributed by atoms with Crippen LogP contribution in [0.3, 0.4) is 0 Å². The van der Waals surface area contributed by atoms with Crippen LogP contribution in [0.5, 0.6) is 0 Å². The summed E-state index contributed by atoms with van der Waals surface area (Å²) >= 11 is 3.46. The van der Waals surface area contributed by atoms with E-state index < -0.39 is 18.5 Å². The second kappa shape index (κ2) is 11.1. The fourth-order valence-corrected chi connectivity index (χ4v) is 5.98. The van der Waals surface area contributed by atoms with Gasteiger partial charge < -0.3 is 10.1 Å². The van der Waals surface area contributed by atoms with Gasteiger partial charge in [0.2, 0.25) is 11.8 Å². The minimum atomic E-state index is -0.668. The molecular formula is C31H29BrN2O5. The number of amides is 3. The monoisotopic (exact) mass is 588 g/mol. The SMILES string of the molecule is Cc1cc(NC(=O)COC(=O)c2ccc(N3C(=O)[C@H]4C[C@@H](c5ccccc5)CC[C@H]4C3=O)cc2)c(C)cc1Br. The summed E-state index contributed by atoms with van der Waals surface area (Å²) in [7, 11) is 0. The van der Waals surface area contributed by atoms with E-state index in [-0.39, 0.29) is 35.1 Å². The maximum Gasteiger partial charge on any atom is 0.338 e. The fourth-order valence-electron chi connectivity index (χ4n) is 5.52. The van der Waals surface area contributed by atoms with Crippen molar-refractivity contribution < 1.29 is 23.9 Å². The van der Waals surface area contributed by atoms with Gasteiger partial charge in [0, 0.05) is 10.2 Å². The molecule has 3 atom stereocenters. The van der Waals surface area contributed by atoms with E-state index in [0.29, 0.717) is 24.2 Å². The predicted octanol–water partition coefficient (Wildman–Crippen LogP) is 5.93. The number of ether oxygens (including phenoxy) is 1. The van der Waals surface area contributed by atoms with Crippen LogP contribution in [0, 0.1) is 25.7 Å². The number of carbonyl (C=O) groups is 4. The number of nitrogens with one attached hydrogen (secondary N) is 1. The summed E-state index contributed by atoms with van der Waals surface area (Å²) in [5, 5.41) is 2.76. The van der Waals surface area contributed by atoms with Gasteiger partial charge in [-0.1, -0.05) is 46.3 Å². The van der Waals surface area contributed by atoms with Gasteiger partial charge in [-0.2, -0.15) is 0 Å². The molecule has 0 bridgehead atoms. The van der Waals surface area contributed by atoms with Crippen LogP contribution in [-0.4, -0.2) is 30.3 Å². The number of rotatable bonds is 6. The van der Waals surface area contributed by atoms with Gasteiger partial charge in [-0.3, -0.25) is 19.3 Å². The zero-order valence-electron chi connectivity index (χ0n) is 21.8. The van der Waals surface area contributed by atoms with Gasteiger partial charge in [-0.15, -0.1) is 0 Å². The minimum absolute atomic E-state index is 0.179. The molecule has 0 unspecified atom stereocenters. The van der Waals surface area contributed by atoms with E-state index in [2.05, 4.69) is 33.4 Å². The smallest absolute Gasteiger partial charge is 0.338 e. The van der Waals surface area contributed by atoms with E-state index in [1.165, 1.54) is 22.6 Å². The highest BCUT2D eigenvalue weighted by molar-refractivity contribution is 9.10. The van der Waals surface area contributed by atoms with Gasteiger partial charge >= 0.3 is 5.97 Å². The lowest BCUT2D eigenvalue weighted by atomic mass is 9.73. The van der Waals surface area contributed by atoms with Crippen molar-refractivity contribution in [3.63, 3.8) is 0 Å². The minimum Gasteiger partial charge on any atom is -0.452 e. The Hall–Kier alpha value is -3.78. The summed E-state index contributed by atoms with van der Waals surface area (Å²) in [6.45, 7) is 3.35. The molecule has 1 saturated carbocycles.